The highest BCUT2D eigenvalue weighted by Gasteiger charge is 2.22. The summed E-state index contributed by atoms with van der Waals surface area (Å²) >= 11 is 0. The fourth-order valence-electron chi connectivity index (χ4n) is 2.42. The maximum Gasteiger partial charge on any atom is 0.251 e. The first-order valence-corrected chi connectivity index (χ1v) is 6.89. The number of hydrogen-bond donors (Lipinski definition) is 2. The Morgan fingerprint density at radius 1 is 1.40 bits per heavy atom. The van der Waals surface area contributed by atoms with E-state index in [1.807, 2.05) is 43.3 Å². The number of carbonyl (C=O) groups excluding carboxylic acids is 1. The first kappa shape index (κ1) is 16.8. The maximum atomic E-state index is 12.3. The van der Waals surface area contributed by atoms with Gasteiger partial charge in [-0.3, -0.25) is 4.79 Å². The van der Waals surface area contributed by atoms with Gasteiger partial charge in [0.15, 0.2) is 0 Å². The number of carbonyl (C=O) groups is 1. The Morgan fingerprint density at radius 2 is 2.15 bits per heavy atom. The number of amides is 1. The first-order valence-electron chi connectivity index (χ1n) is 6.89. The summed E-state index contributed by atoms with van der Waals surface area (Å²) in [4.78, 5) is 14.3. The molecule has 0 saturated carbocycles. The van der Waals surface area contributed by atoms with Gasteiger partial charge < -0.3 is 15.5 Å². The van der Waals surface area contributed by atoms with Crippen LogP contribution in [0.1, 0.15) is 30.1 Å². The van der Waals surface area contributed by atoms with Crippen molar-refractivity contribution in [1.29, 1.82) is 0 Å². The van der Waals surface area contributed by atoms with Crippen LogP contribution in [0.25, 0.3) is 0 Å². The van der Waals surface area contributed by atoms with Crippen LogP contribution in [0.2, 0.25) is 0 Å². The van der Waals surface area contributed by atoms with Crippen molar-refractivity contribution in [2.24, 2.45) is 0 Å². The maximum absolute atomic E-state index is 12.3. The molecule has 2 N–H and O–H groups in total. The van der Waals surface area contributed by atoms with E-state index in [-0.39, 0.29) is 24.4 Å². The number of piperidine rings is 1. The third-order valence-electron chi connectivity index (χ3n) is 3.70. The van der Waals surface area contributed by atoms with Crippen molar-refractivity contribution in [1.82, 2.24) is 10.6 Å². The second-order valence-electron chi connectivity index (χ2n) is 5.41. The molecule has 5 heteroatoms. The van der Waals surface area contributed by atoms with Gasteiger partial charge in [0.05, 0.1) is 0 Å². The van der Waals surface area contributed by atoms with E-state index in [4.69, 9.17) is 0 Å². The molecule has 1 heterocycles. The van der Waals surface area contributed by atoms with E-state index < -0.39 is 0 Å². The molecule has 1 aliphatic heterocycles. The molecule has 1 fully saturated rings. The van der Waals surface area contributed by atoms with E-state index in [0.29, 0.717) is 6.04 Å². The summed E-state index contributed by atoms with van der Waals surface area (Å²) in [6, 6.07) is 8.28. The molecule has 1 aromatic carbocycles. The summed E-state index contributed by atoms with van der Waals surface area (Å²) in [6.45, 7) is 3.17. The predicted octanol–water partition coefficient (Wildman–Crippen LogP) is 2.04. The molecule has 0 spiro atoms. The average molecular weight is 298 g/mol. The number of halogens is 1. The van der Waals surface area contributed by atoms with Gasteiger partial charge in [0.2, 0.25) is 0 Å². The molecule has 1 aromatic rings. The van der Waals surface area contributed by atoms with E-state index in [1.165, 1.54) is 0 Å². The van der Waals surface area contributed by atoms with E-state index >= 15 is 0 Å². The normalized spacial score (nSPS) is 21.8. The van der Waals surface area contributed by atoms with Crippen molar-refractivity contribution in [3.8, 4) is 0 Å². The molecule has 1 amide bonds. The number of rotatable bonds is 3. The Morgan fingerprint density at radius 3 is 2.80 bits per heavy atom. The van der Waals surface area contributed by atoms with Crippen LogP contribution in [0.3, 0.4) is 0 Å². The fourth-order valence-corrected chi connectivity index (χ4v) is 2.42. The highest BCUT2D eigenvalue weighted by molar-refractivity contribution is 5.95. The van der Waals surface area contributed by atoms with Gasteiger partial charge >= 0.3 is 0 Å². The second-order valence-corrected chi connectivity index (χ2v) is 5.41. The standard InChI is InChI=1S/C15H23N3O.ClH/c1-11-14(8-5-9-16-11)17-15(19)12-6-4-7-13(10-12)18(2)3;/h4,6-7,10-11,14,16H,5,8-9H2,1-3H3,(H,17,19);1H. The Kier molecular flexibility index (Phi) is 6.30. The predicted molar refractivity (Wildman–Crippen MR) is 86.0 cm³/mol. The third kappa shape index (κ3) is 4.12. The lowest BCUT2D eigenvalue weighted by atomic mass is 9.99. The smallest absolute Gasteiger partial charge is 0.251 e. The van der Waals surface area contributed by atoms with Crippen molar-refractivity contribution in [3.05, 3.63) is 29.8 Å². The highest BCUT2D eigenvalue weighted by atomic mass is 35.5. The summed E-state index contributed by atoms with van der Waals surface area (Å²) < 4.78 is 0. The molecule has 0 aliphatic carbocycles. The van der Waals surface area contributed by atoms with Crippen molar-refractivity contribution < 1.29 is 4.79 Å². The van der Waals surface area contributed by atoms with Crippen LogP contribution in [0.5, 0.6) is 0 Å². The van der Waals surface area contributed by atoms with Crippen LogP contribution in [0.4, 0.5) is 5.69 Å². The molecular weight excluding hydrogens is 274 g/mol. The lowest BCUT2D eigenvalue weighted by Crippen LogP contribution is -2.51. The summed E-state index contributed by atoms with van der Waals surface area (Å²) in [5, 5.41) is 6.53. The van der Waals surface area contributed by atoms with Gasteiger partial charge in [-0.25, -0.2) is 0 Å². The average Bonchev–Trinajstić information content (AvgIpc) is 2.41. The number of benzene rings is 1. The topological polar surface area (TPSA) is 44.4 Å². The van der Waals surface area contributed by atoms with Crippen LogP contribution < -0.4 is 15.5 Å². The van der Waals surface area contributed by atoms with E-state index in [1.54, 1.807) is 0 Å². The Balaban J connectivity index is 0.00000200. The van der Waals surface area contributed by atoms with Crippen LogP contribution in [-0.2, 0) is 0 Å². The van der Waals surface area contributed by atoms with E-state index in [9.17, 15) is 4.79 Å². The lowest BCUT2D eigenvalue weighted by molar-refractivity contribution is 0.0920. The zero-order valence-corrected chi connectivity index (χ0v) is 13.2. The third-order valence-corrected chi connectivity index (χ3v) is 3.70. The Hall–Kier alpha value is -1.26. The van der Waals surface area contributed by atoms with Crippen molar-refractivity contribution in [2.45, 2.75) is 31.8 Å². The minimum absolute atomic E-state index is 0. The molecule has 0 bridgehead atoms. The molecule has 0 aromatic heterocycles. The number of nitrogens with one attached hydrogen (secondary N) is 2. The molecule has 1 saturated heterocycles. The van der Waals surface area contributed by atoms with Gasteiger partial charge in [0.25, 0.3) is 5.91 Å². The Bertz CT molecular complexity index is 450. The molecule has 20 heavy (non-hydrogen) atoms. The fraction of sp³-hybridized carbons (Fsp3) is 0.533. The quantitative estimate of drug-likeness (QED) is 0.897. The monoisotopic (exact) mass is 297 g/mol. The van der Waals surface area contributed by atoms with Crippen LogP contribution in [0, 0.1) is 0 Å². The molecule has 2 atom stereocenters. The molecule has 2 rings (SSSR count). The van der Waals surface area contributed by atoms with E-state index in [2.05, 4.69) is 17.6 Å². The summed E-state index contributed by atoms with van der Waals surface area (Å²) in [6.07, 6.45) is 2.17. The Labute approximate surface area is 127 Å². The summed E-state index contributed by atoms with van der Waals surface area (Å²) in [5.41, 5.74) is 1.77. The molecular formula is C15H24ClN3O. The zero-order chi connectivity index (χ0) is 13.8. The minimum atomic E-state index is 0. The van der Waals surface area contributed by atoms with Crippen molar-refractivity contribution >= 4 is 24.0 Å². The lowest BCUT2D eigenvalue weighted by Gasteiger charge is -2.30. The van der Waals surface area contributed by atoms with Crippen molar-refractivity contribution in [3.63, 3.8) is 0 Å². The van der Waals surface area contributed by atoms with Gasteiger partial charge in [-0.2, -0.15) is 0 Å². The number of anilines is 1. The van der Waals surface area contributed by atoms with Crippen LogP contribution in [0.15, 0.2) is 24.3 Å². The first-order chi connectivity index (χ1) is 9.08. The van der Waals surface area contributed by atoms with Gasteiger partial charge in [-0.1, -0.05) is 6.07 Å². The summed E-state index contributed by atoms with van der Waals surface area (Å²) in [5.74, 6) is 0.0178. The number of hydrogen-bond acceptors (Lipinski definition) is 3. The molecule has 4 nitrogen and oxygen atoms in total. The zero-order valence-electron chi connectivity index (χ0n) is 12.3. The van der Waals surface area contributed by atoms with Gasteiger partial charge in [0.1, 0.15) is 0 Å². The molecule has 1 aliphatic rings. The van der Waals surface area contributed by atoms with Gasteiger partial charge in [0, 0.05) is 37.4 Å². The van der Waals surface area contributed by atoms with Crippen LogP contribution >= 0.6 is 12.4 Å². The van der Waals surface area contributed by atoms with E-state index in [0.717, 1.165) is 30.6 Å². The van der Waals surface area contributed by atoms with Crippen molar-refractivity contribution in [2.75, 3.05) is 25.5 Å². The highest BCUT2D eigenvalue weighted by Crippen LogP contribution is 2.14. The molecule has 112 valence electrons. The SMILES string of the molecule is CC1NCCCC1NC(=O)c1cccc(N(C)C)c1.Cl. The second kappa shape index (κ2) is 7.50. The van der Waals surface area contributed by atoms with Crippen LogP contribution in [-0.4, -0.2) is 38.6 Å². The largest absolute Gasteiger partial charge is 0.378 e. The summed E-state index contributed by atoms with van der Waals surface area (Å²) in [7, 11) is 3.95. The van der Waals surface area contributed by atoms with Gasteiger partial charge in [-0.05, 0) is 44.5 Å². The van der Waals surface area contributed by atoms with Gasteiger partial charge in [-0.15, -0.1) is 12.4 Å². The molecule has 2 unspecified atom stereocenters. The number of nitrogens with zero attached hydrogens (tertiary/aromatic N) is 1. The molecule has 0 radical (unpaired) electrons. The minimum Gasteiger partial charge on any atom is -0.378 e.